The molecule has 2 aromatic carbocycles. The maximum atomic E-state index is 13.5. The van der Waals surface area contributed by atoms with Crippen LogP contribution in [0.5, 0.6) is 5.88 Å². The Labute approximate surface area is 194 Å². The van der Waals surface area contributed by atoms with E-state index in [2.05, 4.69) is 11.7 Å². The second-order valence-electron chi connectivity index (χ2n) is 8.11. The van der Waals surface area contributed by atoms with Gasteiger partial charge in [0.05, 0.1) is 22.3 Å². The third kappa shape index (κ3) is 5.26. The summed E-state index contributed by atoms with van der Waals surface area (Å²) in [6.07, 6.45) is 2.27. The van der Waals surface area contributed by atoms with Crippen molar-refractivity contribution in [2.24, 2.45) is 0 Å². The van der Waals surface area contributed by atoms with E-state index < -0.39 is 10.0 Å². The van der Waals surface area contributed by atoms with Crippen LogP contribution in [-0.4, -0.2) is 24.6 Å². The zero-order chi connectivity index (χ0) is 23.4. The minimum Gasteiger partial charge on any atom is -0.472 e. The number of hydrogen-bond acceptors (Lipinski definition) is 4. The van der Waals surface area contributed by atoms with Gasteiger partial charge in [0.25, 0.3) is 10.0 Å². The van der Waals surface area contributed by atoms with Gasteiger partial charge in [0.15, 0.2) is 0 Å². The van der Waals surface area contributed by atoms with Crippen molar-refractivity contribution in [1.29, 1.82) is 0 Å². The van der Waals surface area contributed by atoms with Crippen molar-refractivity contribution >= 4 is 21.2 Å². The maximum absolute atomic E-state index is 13.5. The van der Waals surface area contributed by atoms with Crippen LogP contribution in [0.2, 0.25) is 0 Å². The molecule has 2 heterocycles. The number of pyridine rings is 1. The smallest absolute Gasteiger partial charge is 0.264 e. The SMILES string of the molecule is C=C(C)CCN(c1ccc2cc(OCc3ccccc3)nn2c1)S(=O)(=O)c1ccc(C)cc1. The van der Waals surface area contributed by atoms with Gasteiger partial charge in [-0.15, -0.1) is 11.7 Å². The van der Waals surface area contributed by atoms with Gasteiger partial charge in [-0.2, -0.15) is 0 Å². The molecular weight excluding hydrogens is 434 g/mol. The molecule has 0 spiro atoms. The summed E-state index contributed by atoms with van der Waals surface area (Å²) in [5.74, 6) is 0.478. The summed E-state index contributed by atoms with van der Waals surface area (Å²) in [7, 11) is -3.75. The largest absolute Gasteiger partial charge is 0.472 e. The Morgan fingerprint density at radius 2 is 1.79 bits per heavy atom. The second kappa shape index (κ2) is 9.50. The molecule has 7 heteroatoms. The third-order valence-electron chi connectivity index (χ3n) is 5.29. The number of aromatic nitrogens is 2. The molecule has 0 aliphatic heterocycles. The van der Waals surface area contributed by atoms with E-state index >= 15 is 0 Å². The number of hydrogen-bond donors (Lipinski definition) is 0. The molecule has 0 unspecified atom stereocenters. The van der Waals surface area contributed by atoms with Crippen LogP contribution in [0.4, 0.5) is 5.69 Å². The number of nitrogens with zero attached hydrogens (tertiary/aromatic N) is 3. The summed E-state index contributed by atoms with van der Waals surface area (Å²) in [5, 5.41) is 4.49. The normalized spacial score (nSPS) is 11.5. The van der Waals surface area contributed by atoms with E-state index in [1.807, 2.05) is 56.3 Å². The topological polar surface area (TPSA) is 63.9 Å². The van der Waals surface area contributed by atoms with E-state index in [0.717, 1.165) is 22.2 Å². The van der Waals surface area contributed by atoms with Crippen molar-refractivity contribution in [3.8, 4) is 5.88 Å². The molecule has 0 aliphatic rings. The Bertz CT molecular complexity index is 1360. The number of rotatable bonds is 9. The highest BCUT2D eigenvalue weighted by Crippen LogP contribution is 2.26. The first kappa shape index (κ1) is 22.6. The third-order valence-corrected chi connectivity index (χ3v) is 7.13. The van der Waals surface area contributed by atoms with Crippen LogP contribution in [0.3, 0.4) is 0 Å². The molecule has 2 aromatic heterocycles. The first-order valence-corrected chi connectivity index (χ1v) is 12.2. The van der Waals surface area contributed by atoms with Crippen LogP contribution in [-0.2, 0) is 16.6 Å². The molecule has 0 saturated heterocycles. The van der Waals surface area contributed by atoms with E-state index in [1.165, 1.54) is 4.31 Å². The summed E-state index contributed by atoms with van der Waals surface area (Å²) in [6, 6.07) is 22.2. The first-order chi connectivity index (χ1) is 15.8. The van der Waals surface area contributed by atoms with Gasteiger partial charge in [-0.1, -0.05) is 53.6 Å². The minimum absolute atomic E-state index is 0.252. The minimum atomic E-state index is -3.75. The fraction of sp³-hybridized carbons (Fsp3) is 0.192. The van der Waals surface area contributed by atoms with Crippen molar-refractivity contribution in [1.82, 2.24) is 9.61 Å². The average Bonchev–Trinajstić information content (AvgIpc) is 3.21. The zero-order valence-corrected chi connectivity index (χ0v) is 19.6. The number of ether oxygens (including phenoxy) is 1. The summed E-state index contributed by atoms with van der Waals surface area (Å²) >= 11 is 0. The molecule has 0 aliphatic carbocycles. The Hall–Kier alpha value is -3.58. The lowest BCUT2D eigenvalue weighted by Crippen LogP contribution is -2.32. The summed E-state index contributed by atoms with van der Waals surface area (Å²) in [4.78, 5) is 0.252. The molecule has 6 nitrogen and oxygen atoms in total. The second-order valence-corrected chi connectivity index (χ2v) is 9.97. The fourth-order valence-corrected chi connectivity index (χ4v) is 4.87. The van der Waals surface area contributed by atoms with Gasteiger partial charge < -0.3 is 4.74 Å². The lowest BCUT2D eigenvalue weighted by Gasteiger charge is -2.24. The molecule has 0 fully saturated rings. The van der Waals surface area contributed by atoms with E-state index in [-0.39, 0.29) is 11.4 Å². The Kier molecular flexibility index (Phi) is 6.51. The first-order valence-electron chi connectivity index (χ1n) is 10.7. The Balaban J connectivity index is 1.64. The average molecular weight is 462 g/mol. The lowest BCUT2D eigenvalue weighted by atomic mass is 10.2. The fourth-order valence-electron chi connectivity index (χ4n) is 3.42. The summed E-state index contributed by atoms with van der Waals surface area (Å²) in [5.41, 5.74) is 4.31. The van der Waals surface area contributed by atoms with E-state index in [1.54, 1.807) is 41.0 Å². The standard InChI is InChI=1S/C26H27N3O3S/c1-20(2)15-16-29(33(30,31)25-13-9-21(3)10-14-25)24-12-11-23-17-26(27-28(23)18-24)32-19-22-7-5-4-6-8-22/h4-14,17-18H,1,15-16,19H2,2-3H3. The number of fused-ring (bicyclic) bond motifs is 1. The highest BCUT2D eigenvalue weighted by Gasteiger charge is 2.25. The highest BCUT2D eigenvalue weighted by molar-refractivity contribution is 7.92. The number of sulfonamides is 1. The molecule has 0 bridgehead atoms. The molecule has 4 rings (SSSR count). The predicted octanol–water partition coefficient (Wildman–Crippen LogP) is 5.38. The van der Waals surface area contributed by atoms with Crippen molar-refractivity contribution in [3.05, 3.63) is 102 Å². The van der Waals surface area contributed by atoms with Crippen LogP contribution in [0, 0.1) is 6.92 Å². The van der Waals surface area contributed by atoms with Gasteiger partial charge in [-0.3, -0.25) is 4.31 Å². The van der Waals surface area contributed by atoms with Crippen LogP contribution >= 0.6 is 0 Å². The highest BCUT2D eigenvalue weighted by atomic mass is 32.2. The van der Waals surface area contributed by atoms with Crippen molar-refractivity contribution in [2.45, 2.75) is 31.8 Å². The Morgan fingerprint density at radius 3 is 2.48 bits per heavy atom. The van der Waals surface area contributed by atoms with Gasteiger partial charge >= 0.3 is 0 Å². The Morgan fingerprint density at radius 1 is 1.06 bits per heavy atom. The molecule has 0 saturated carbocycles. The van der Waals surface area contributed by atoms with Gasteiger partial charge in [0.1, 0.15) is 6.61 Å². The van der Waals surface area contributed by atoms with Crippen molar-refractivity contribution in [3.63, 3.8) is 0 Å². The number of aryl methyl sites for hydroxylation is 1. The molecule has 33 heavy (non-hydrogen) atoms. The van der Waals surface area contributed by atoms with Gasteiger partial charge in [-0.05, 0) is 50.1 Å². The van der Waals surface area contributed by atoms with Gasteiger partial charge in [0, 0.05) is 12.6 Å². The van der Waals surface area contributed by atoms with Crippen LogP contribution in [0.1, 0.15) is 24.5 Å². The molecule has 0 radical (unpaired) electrons. The van der Waals surface area contributed by atoms with Crippen molar-refractivity contribution < 1.29 is 13.2 Å². The van der Waals surface area contributed by atoms with Crippen LogP contribution in [0.15, 0.2) is 96.0 Å². The monoisotopic (exact) mass is 461 g/mol. The molecule has 0 N–H and O–H groups in total. The van der Waals surface area contributed by atoms with Gasteiger partial charge in [0.2, 0.25) is 5.88 Å². The molecule has 0 amide bonds. The van der Waals surface area contributed by atoms with E-state index in [0.29, 0.717) is 24.6 Å². The molecule has 170 valence electrons. The maximum Gasteiger partial charge on any atom is 0.264 e. The van der Waals surface area contributed by atoms with Crippen LogP contribution < -0.4 is 9.04 Å². The predicted molar refractivity (Wildman–Crippen MR) is 131 cm³/mol. The number of benzene rings is 2. The molecule has 4 aromatic rings. The van der Waals surface area contributed by atoms with E-state index in [9.17, 15) is 8.42 Å². The van der Waals surface area contributed by atoms with E-state index in [4.69, 9.17) is 4.74 Å². The zero-order valence-electron chi connectivity index (χ0n) is 18.8. The lowest BCUT2D eigenvalue weighted by molar-refractivity contribution is 0.292. The quantitative estimate of drug-likeness (QED) is 0.314. The van der Waals surface area contributed by atoms with Crippen LogP contribution in [0.25, 0.3) is 5.52 Å². The summed E-state index contributed by atoms with van der Waals surface area (Å²) < 4.78 is 35.9. The van der Waals surface area contributed by atoms with Crippen molar-refractivity contribution in [2.75, 3.05) is 10.8 Å². The number of anilines is 1. The molecular formula is C26H27N3O3S. The summed E-state index contributed by atoms with van der Waals surface area (Å²) in [6.45, 7) is 8.45. The molecule has 0 atom stereocenters. The van der Waals surface area contributed by atoms with Gasteiger partial charge in [-0.25, -0.2) is 12.9 Å².